The fraction of sp³-hybridized carbons (Fsp3) is 0.682. The van der Waals surface area contributed by atoms with Gasteiger partial charge in [-0.1, -0.05) is 36.8 Å². The number of benzene rings is 1. The number of sulfonamides is 1. The van der Waals surface area contributed by atoms with Crippen LogP contribution in [0.1, 0.15) is 44.6 Å². The van der Waals surface area contributed by atoms with Gasteiger partial charge in [0.25, 0.3) is 0 Å². The standard InChI is InChI=1S/C22H37N5O2S.HI/c1-18-15-21(11-13-27(18)17-20-7-4-3-5-8-20)26-22(23-2)24-12-14-30(28,29)25-16-19-9-6-10-19;/h3-5,7-8,18-19,21,25H,6,9-17H2,1-2H3,(H2,23,24,26);1H. The zero-order chi connectivity index (χ0) is 21.4. The van der Waals surface area contributed by atoms with Crippen molar-refractivity contribution in [3.05, 3.63) is 35.9 Å². The molecule has 3 N–H and O–H groups in total. The monoisotopic (exact) mass is 563 g/mol. The summed E-state index contributed by atoms with van der Waals surface area (Å²) in [6, 6.07) is 11.4. The molecule has 1 aliphatic heterocycles. The average molecular weight is 564 g/mol. The summed E-state index contributed by atoms with van der Waals surface area (Å²) in [5.41, 5.74) is 1.35. The Morgan fingerprint density at radius 3 is 2.55 bits per heavy atom. The maximum Gasteiger partial charge on any atom is 0.213 e. The lowest BCUT2D eigenvalue weighted by Gasteiger charge is -2.38. The largest absolute Gasteiger partial charge is 0.355 e. The fourth-order valence-electron chi connectivity index (χ4n) is 4.11. The summed E-state index contributed by atoms with van der Waals surface area (Å²) < 4.78 is 27.0. The van der Waals surface area contributed by atoms with Crippen LogP contribution in [0.4, 0.5) is 0 Å². The molecule has 1 heterocycles. The first-order valence-electron chi connectivity index (χ1n) is 11.2. The van der Waals surface area contributed by atoms with Crippen molar-refractivity contribution in [1.29, 1.82) is 0 Å². The molecule has 9 heteroatoms. The number of nitrogens with one attached hydrogen (secondary N) is 3. The second-order valence-corrected chi connectivity index (χ2v) is 10.6. The van der Waals surface area contributed by atoms with Crippen LogP contribution in [0.2, 0.25) is 0 Å². The van der Waals surface area contributed by atoms with Crippen molar-refractivity contribution in [3.63, 3.8) is 0 Å². The van der Waals surface area contributed by atoms with E-state index in [1.54, 1.807) is 7.05 Å². The van der Waals surface area contributed by atoms with Gasteiger partial charge in [0.15, 0.2) is 5.96 Å². The lowest BCUT2D eigenvalue weighted by molar-refractivity contribution is 0.134. The summed E-state index contributed by atoms with van der Waals surface area (Å²) in [7, 11) is -1.51. The Morgan fingerprint density at radius 1 is 1.19 bits per heavy atom. The maximum atomic E-state index is 12.1. The van der Waals surface area contributed by atoms with Crippen LogP contribution in [0.5, 0.6) is 0 Å². The highest BCUT2D eigenvalue weighted by Gasteiger charge is 2.26. The molecule has 3 rings (SSSR count). The van der Waals surface area contributed by atoms with E-state index in [0.717, 1.165) is 38.8 Å². The number of likely N-dealkylation sites (tertiary alicyclic amines) is 1. The van der Waals surface area contributed by atoms with Crippen LogP contribution in [0.15, 0.2) is 35.3 Å². The van der Waals surface area contributed by atoms with Crippen molar-refractivity contribution in [1.82, 2.24) is 20.3 Å². The van der Waals surface area contributed by atoms with Crippen LogP contribution < -0.4 is 15.4 Å². The van der Waals surface area contributed by atoms with Crippen molar-refractivity contribution >= 4 is 40.0 Å². The smallest absolute Gasteiger partial charge is 0.213 e. The highest BCUT2D eigenvalue weighted by atomic mass is 127. The zero-order valence-electron chi connectivity index (χ0n) is 18.7. The van der Waals surface area contributed by atoms with E-state index in [1.165, 1.54) is 12.0 Å². The second-order valence-electron chi connectivity index (χ2n) is 8.63. The van der Waals surface area contributed by atoms with E-state index < -0.39 is 10.0 Å². The van der Waals surface area contributed by atoms with E-state index >= 15 is 0 Å². The molecule has 0 spiro atoms. The SMILES string of the molecule is CN=C(NCCS(=O)(=O)NCC1CCC1)NC1CCN(Cc2ccccc2)C(C)C1.I. The molecule has 31 heavy (non-hydrogen) atoms. The molecule has 2 atom stereocenters. The quantitative estimate of drug-likeness (QED) is 0.244. The Morgan fingerprint density at radius 2 is 1.94 bits per heavy atom. The van der Waals surface area contributed by atoms with Crippen molar-refractivity contribution in [2.75, 3.05) is 32.4 Å². The van der Waals surface area contributed by atoms with E-state index in [2.05, 4.69) is 62.5 Å². The predicted molar refractivity (Wildman–Crippen MR) is 138 cm³/mol. The van der Waals surface area contributed by atoms with Gasteiger partial charge in [0, 0.05) is 45.3 Å². The van der Waals surface area contributed by atoms with Crippen molar-refractivity contribution in [3.8, 4) is 0 Å². The summed E-state index contributed by atoms with van der Waals surface area (Å²) in [6.45, 7) is 5.21. The van der Waals surface area contributed by atoms with Gasteiger partial charge in [-0.25, -0.2) is 13.1 Å². The molecular formula is C22H38IN5O2S. The first kappa shape index (κ1) is 26.3. The van der Waals surface area contributed by atoms with Gasteiger partial charge in [-0.2, -0.15) is 0 Å². The summed E-state index contributed by atoms with van der Waals surface area (Å²) in [5, 5.41) is 6.63. The molecule has 0 amide bonds. The zero-order valence-corrected chi connectivity index (χ0v) is 21.9. The Bertz CT molecular complexity index is 786. The van der Waals surface area contributed by atoms with Crippen LogP contribution in [-0.4, -0.2) is 63.8 Å². The summed E-state index contributed by atoms with van der Waals surface area (Å²) in [6.07, 6.45) is 5.58. The molecule has 1 aliphatic carbocycles. The lowest BCUT2D eigenvalue weighted by atomic mass is 9.86. The minimum atomic E-state index is -3.24. The summed E-state index contributed by atoms with van der Waals surface area (Å²) >= 11 is 0. The summed E-state index contributed by atoms with van der Waals surface area (Å²) in [4.78, 5) is 6.79. The van der Waals surface area contributed by atoms with E-state index in [4.69, 9.17) is 0 Å². The number of piperidine rings is 1. The van der Waals surface area contributed by atoms with E-state index in [1.807, 2.05) is 0 Å². The summed E-state index contributed by atoms with van der Waals surface area (Å²) in [5.74, 6) is 1.27. The molecule has 0 bridgehead atoms. The van der Waals surface area contributed by atoms with Crippen LogP contribution >= 0.6 is 24.0 Å². The number of nitrogens with zero attached hydrogens (tertiary/aromatic N) is 2. The fourth-order valence-corrected chi connectivity index (χ4v) is 5.12. The van der Waals surface area contributed by atoms with Gasteiger partial charge >= 0.3 is 0 Å². The van der Waals surface area contributed by atoms with Crippen molar-refractivity contribution in [2.45, 2.75) is 57.7 Å². The molecule has 2 unspecified atom stereocenters. The Labute approximate surface area is 204 Å². The Hall–Kier alpha value is -0.910. The van der Waals surface area contributed by atoms with Gasteiger partial charge in [-0.3, -0.25) is 9.89 Å². The van der Waals surface area contributed by atoms with Gasteiger partial charge < -0.3 is 10.6 Å². The molecule has 7 nitrogen and oxygen atoms in total. The highest BCUT2D eigenvalue weighted by Crippen LogP contribution is 2.25. The van der Waals surface area contributed by atoms with Gasteiger partial charge in [-0.15, -0.1) is 24.0 Å². The maximum absolute atomic E-state index is 12.1. The van der Waals surface area contributed by atoms with Gasteiger partial charge in [0.2, 0.25) is 10.0 Å². The lowest BCUT2D eigenvalue weighted by Crippen LogP contribution is -2.51. The molecule has 0 aromatic heterocycles. The van der Waals surface area contributed by atoms with E-state index in [0.29, 0.717) is 37.1 Å². The number of rotatable bonds is 9. The third-order valence-corrected chi connectivity index (χ3v) is 7.63. The van der Waals surface area contributed by atoms with Gasteiger partial charge in [0.05, 0.1) is 5.75 Å². The van der Waals surface area contributed by atoms with Crippen LogP contribution in [0, 0.1) is 5.92 Å². The predicted octanol–water partition coefficient (Wildman–Crippen LogP) is 2.54. The molecule has 1 aromatic carbocycles. The minimum Gasteiger partial charge on any atom is -0.355 e. The average Bonchev–Trinajstić information content (AvgIpc) is 2.68. The molecule has 1 saturated heterocycles. The number of guanidine groups is 1. The van der Waals surface area contributed by atoms with Crippen molar-refractivity contribution < 1.29 is 8.42 Å². The number of halogens is 1. The first-order valence-corrected chi connectivity index (χ1v) is 12.8. The molecule has 176 valence electrons. The second kappa shape index (κ2) is 13.0. The van der Waals surface area contributed by atoms with Gasteiger partial charge in [-0.05, 0) is 44.1 Å². The van der Waals surface area contributed by atoms with Crippen LogP contribution in [0.3, 0.4) is 0 Å². The number of aliphatic imine (C=N–C) groups is 1. The number of hydrogen-bond acceptors (Lipinski definition) is 4. The highest BCUT2D eigenvalue weighted by molar-refractivity contribution is 14.0. The third-order valence-electron chi connectivity index (χ3n) is 6.29. The number of hydrogen-bond donors (Lipinski definition) is 3. The van der Waals surface area contributed by atoms with Crippen LogP contribution in [0.25, 0.3) is 0 Å². The van der Waals surface area contributed by atoms with Crippen molar-refractivity contribution in [2.24, 2.45) is 10.9 Å². The third kappa shape index (κ3) is 8.86. The Balaban J connectivity index is 0.00000341. The molecule has 0 radical (unpaired) electrons. The van der Waals surface area contributed by atoms with E-state index in [-0.39, 0.29) is 29.7 Å². The van der Waals surface area contributed by atoms with Gasteiger partial charge in [0.1, 0.15) is 0 Å². The Kier molecular flexibility index (Phi) is 11.0. The topological polar surface area (TPSA) is 85.8 Å². The first-order chi connectivity index (χ1) is 14.4. The molecule has 2 aliphatic rings. The molecular weight excluding hydrogens is 525 g/mol. The molecule has 2 fully saturated rings. The minimum absolute atomic E-state index is 0. The normalized spacial score (nSPS) is 23.0. The van der Waals surface area contributed by atoms with E-state index in [9.17, 15) is 8.42 Å². The molecule has 1 saturated carbocycles. The van der Waals surface area contributed by atoms with Crippen LogP contribution in [-0.2, 0) is 16.6 Å². The molecule has 1 aromatic rings.